The van der Waals surface area contributed by atoms with E-state index < -0.39 is 23.6 Å². The first-order valence-electron chi connectivity index (χ1n) is 10.9. The first kappa shape index (κ1) is 25.1. The Bertz CT molecular complexity index is 1020. The van der Waals surface area contributed by atoms with Crippen molar-refractivity contribution in [2.24, 2.45) is 5.92 Å². The third kappa shape index (κ3) is 6.97. The maximum atomic E-state index is 12.8. The zero-order valence-electron chi connectivity index (χ0n) is 18.2. The molecule has 0 radical (unpaired) electrons. The zero-order chi connectivity index (χ0) is 24.7. The van der Waals surface area contributed by atoms with Crippen LogP contribution in [0.3, 0.4) is 0 Å². The topological polar surface area (TPSA) is 105 Å². The molecule has 0 heterocycles. The Labute approximate surface area is 194 Å². The molecule has 10 heteroatoms. The summed E-state index contributed by atoms with van der Waals surface area (Å²) in [6, 6.07) is 10.6. The molecular formula is C24H25F3N2O5. The van der Waals surface area contributed by atoms with Crippen molar-refractivity contribution in [3.8, 4) is 5.75 Å². The molecule has 0 aromatic heterocycles. The number of halogens is 3. The second-order valence-electron chi connectivity index (χ2n) is 8.04. The summed E-state index contributed by atoms with van der Waals surface area (Å²) < 4.78 is 44.2. The van der Waals surface area contributed by atoms with Crippen LogP contribution in [-0.4, -0.2) is 42.1 Å². The molecule has 3 rings (SSSR count). The quantitative estimate of drug-likeness (QED) is 0.500. The molecule has 0 saturated heterocycles. The molecule has 1 saturated carbocycles. The van der Waals surface area contributed by atoms with Crippen molar-refractivity contribution in [1.29, 1.82) is 0 Å². The average molecular weight is 478 g/mol. The maximum Gasteiger partial charge on any atom is 0.416 e. The molecule has 0 spiro atoms. The number of aliphatic carboxylic acids is 1. The molecule has 0 unspecified atom stereocenters. The summed E-state index contributed by atoms with van der Waals surface area (Å²) in [5, 5.41) is 14.2. The van der Waals surface area contributed by atoms with E-state index >= 15 is 0 Å². The number of hydrogen-bond donors (Lipinski definition) is 3. The molecule has 2 aromatic rings. The maximum absolute atomic E-state index is 12.8. The highest BCUT2D eigenvalue weighted by Crippen LogP contribution is 2.30. The van der Waals surface area contributed by atoms with Crippen molar-refractivity contribution in [1.82, 2.24) is 10.6 Å². The minimum Gasteiger partial charge on any atom is -0.490 e. The third-order valence-corrected chi connectivity index (χ3v) is 5.59. The second-order valence-corrected chi connectivity index (χ2v) is 8.04. The van der Waals surface area contributed by atoms with Crippen molar-refractivity contribution in [3.63, 3.8) is 0 Å². The second kappa shape index (κ2) is 11.0. The highest BCUT2D eigenvalue weighted by atomic mass is 19.4. The number of benzene rings is 2. The molecule has 2 amide bonds. The number of hydrogen-bond acceptors (Lipinski definition) is 4. The van der Waals surface area contributed by atoms with E-state index in [-0.39, 0.29) is 36.6 Å². The molecule has 2 aromatic carbocycles. The molecular weight excluding hydrogens is 453 g/mol. The SMILES string of the molecule is O=C(NCCNC(=O)c1cccc(C(F)(F)F)c1)c1ccc(OC2CCC(C(=O)O)CC2)cc1. The molecule has 1 fully saturated rings. The van der Waals surface area contributed by atoms with Gasteiger partial charge < -0.3 is 20.5 Å². The van der Waals surface area contributed by atoms with Crippen LogP contribution in [0.15, 0.2) is 48.5 Å². The number of carboxylic acid groups (broad SMARTS) is 1. The van der Waals surface area contributed by atoms with Gasteiger partial charge in [-0.2, -0.15) is 13.2 Å². The first-order chi connectivity index (χ1) is 16.1. The van der Waals surface area contributed by atoms with Crippen LogP contribution < -0.4 is 15.4 Å². The van der Waals surface area contributed by atoms with Crippen LogP contribution in [0.25, 0.3) is 0 Å². The number of rotatable bonds is 8. The van der Waals surface area contributed by atoms with Crippen LogP contribution >= 0.6 is 0 Å². The smallest absolute Gasteiger partial charge is 0.416 e. The lowest BCUT2D eigenvalue weighted by Gasteiger charge is -2.26. The predicted molar refractivity (Wildman–Crippen MR) is 117 cm³/mol. The monoisotopic (exact) mass is 478 g/mol. The van der Waals surface area contributed by atoms with Crippen molar-refractivity contribution in [3.05, 3.63) is 65.2 Å². The number of alkyl halides is 3. The summed E-state index contributed by atoms with van der Waals surface area (Å²) in [5.74, 6) is -1.55. The molecule has 0 atom stereocenters. The van der Waals surface area contributed by atoms with Gasteiger partial charge in [-0.15, -0.1) is 0 Å². The lowest BCUT2D eigenvalue weighted by atomic mass is 9.87. The standard InChI is InChI=1S/C24H25F3N2O5/c25-24(26,27)18-3-1-2-17(14-18)22(31)29-13-12-28-21(30)15-4-8-19(9-5-15)34-20-10-6-16(7-11-20)23(32)33/h1-5,8-9,14,16,20H,6-7,10-13H2,(H,28,30)(H,29,31)(H,32,33). The number of carbonyl (C=O) groups is 3. The van der Waals surface area contributed by atoms with Gasteiger partial charge in [-0.1, -0.05) is 6.07 Å². The van der Waals surface area contributed by atoms with Gasteiger partial charge in [0.1, 0.15) is 5.75 Å². The van der Waals surface area contributed by atoms with Gasteiger partial charge in [0.2, 0.25) is 0 Å². The van der Waals surface area contributed by atoms with Gasteiger partial charge in [-0.3, -0.25) is 14.4 Å². The van der Waals surface area contributed by atoms with Gasteiger partial charge in [0.15, 0.2) is 0 Å². The number of amides is 2. The number of carbonyl (C=O) groups excluding carboxylic acids is 2. The van der Waals surface area contributed by atoms with Crippen LogP contribution in [0.5, 0.6) is 5.75 Å². The molecule has 1 aliphatic rings. The summed E-state index contributed by atoms with van der Waals surface area (Å²) in [6.45, 7) is 0.135. The van der Waals surface area contributed by atoms with Crippen molar-refractivity contribution in [2.45, 2.75) is 38.0 Å². The largest absolute Gasteiger partial charge is 0.490 e. The molecule has 0 aliphatic heterocycles. The Morgan fingerprint density at radius 1 is 0.882 bits per heavy atom. The Morgan fingerprint density at radius 3 is 2.03 bits per heavy atom. The van der Waals surface area contributed by atoms with E-state index in [0.717, 1.165) is 18.2 Å². The van der Waals surface area contributed by atoms with Crippen molar-refractivity contribution < 1.29 is 37.4 Å². The van der Waals surface area contributed by atoms with Gasteiger partial charge in [-0.25, -0.2) is 0 Å². The Balaban J connectivity index is 1.41. The Hall–Kier alpha value is -3.56. The minimum atomic E-state index is -4.54. The average Bonchev–Trinajstić information content (AvgIpc) is 2.82. The van der Waals surface area contributed by atoms with Crippen molar-refractivity contribution >= 4 is 17.8 Å². The summed E-state index contributed by atoms with van der Waals surface area (Å²) in [6.07, 6.45) is -2.13. The molecule has 3 N–H and O–H groups in total. The van der Waals surface area contributed by atoms with E-state index in [1.807, 2.05) is 0 Å². The minimum absolute atomic E-state index is 0.0427. The normalized spacial score (nSPS) is 18.1. The van der Waals surface area contributed by atoms with Crippen LogP contribution in [0.4, 0.5) is 13.2 Å². The third-order valence-electron chi connectivity index (χ3n) is 5.59. The summed E-state index contributed by atoms with van der Waals surface area (Å²) in [4.78, 5) is 35.3. The summed E-state index contributed by atoms with van der Waals surface area (Å²) in [5.41, 5.74) is -0.645. The summed E-state index contributed by atoms with van der Waals surface area (Å²) >= 11 is 0. The first-order valence-corrected chi connectivity index (χ1v) is 10.9. The van der Waals surface area contributed by atoms with Gasteiger partial charge in [0.25, 0.3) is 11.8 Å². The Kier molecular flexibility index (Phi) is 8.14. The number of nitrogens with one attached hydrogen (secondary N) is 2. The lowest BCUT2D eigenvalue weighted by Crippen LogP contribution is -2.34. The van der Waals surface area contributed by atoms with Crippen LogP contribution in [0, 0.1) is 5.92 Å². The predicted octanol–water partition coefficient (Wildman–Crippen LogP) is 3.89. The van der Waals surface area contributed by atoms with Gasteiger partial charge >= 0.3 is 12.1 Å². The van der Waals surface area contributed by atoms with E-state index in [4.69, 9.17) is 9.84 Å². The zero-order valence-corrected chi connectivity index (χ0v) is 18.2. The highest BCUT2D eigenvalue weighted by molar-refractivity contribution is 5.95. The van der Waals surface area contributed by atoms with E-state index in [0.29, 0.717) is 37.0 Å². The molecule has 34 heavy (non-hydrogen) atoms. The van der Waals surface area contributed by atoms with E-state index in [9.17, 15) is 27.6 Å². The fraction of sp³-hybridized carbons (Fsp3) is 0.375. The number of ether oxygens (including phenoxy) is 1. The van der Waals surface area contributed by atoms with Crippen LogP contribution in [-0.2, 0) is 11.0 Å². The fourth-order valence-electron chi connectivity index (χ4n) is 3.70. The van der Waals surface area contributed by atoms with E-state index in [1.54, 1.807) is 24.3 Å². The van der Waals surface area contributed by atoms with E-state index in [1.165, 1.54) is 6.07 Å². The van der Waals surface area contributed by atoms with Gasteiger partial charge in [0.05, 0.1) is 17.6 Å². The van der Waals surface area contributed by atoms with Gasteiger partial charge in [-0.05, 0) is 68.1 Å². The summed E-state index contributed by atoms with van der Waals surface area (Å²) in [7, 11) is 0. The van der Waals surface area contributed by atoms with E-state index in [2.05, 4.69) is 10.6 Å². The van der Waals surface area contributed by atoms with Crippen molar-refractivity contribution in [2.75, 3.05) is 13.1 Å². The van der Waals surface area contributed by atoms with Crippen LogP contribution in [0.1, 0.15) is 52.0 Å². The molecule has 0 bridgehead atoms. The molecule has 7 nitrogen and oxygen atoms in total. The highest BCUT2D eigenvalue weighted by Gasteiger charge is 2.31. The van der Waals surface area contributed by atoms with Gasteiger partial charge in [0, 0.05) is 24.2 Å². The number of carboxylic acids is 1. The Morgan fingerprint density at radius 2 is 1.47 bits per heavy atom. The molecule has 182 valence electrons. The van der Waals surface area contributed by atoms with Crippen LogP contribution in [0.2, 0.25) is 0 Å². The fourth-order valence-corrected chi connectivity index (χ4v) is 3.70. The lowest BCUT2D eigenvalue weighted by molar-refractivity contribution is -0.143. The molecule has 1 aliphatic carbocycles.